The first-order valence-electron chi connectivity index (χ1n) is 9.22. The topological polar surface area (TPSA) is 79.8 Å². The van der Waals surface area contributed by atoms with E-state index in [0.29, 0.717) is 35.7 Å². The van der Waals surface area contributed by atoms with Crippen LogP contribution in [0.5, 0.6) is 11.5 Å². The van der Waals surface area contributed by atoms with Crippen molar-refractivity contribution in [1.82, 2.24) is 5.32 Å². The first kappa shape index (κ1) is 22.2. The highest BCUT2D eigenvalue weighted by molar-refractivity contribution is 9.10. The van der Waals surface area contributed by atoms with Gasteiger partial charge in [-0.15, -0.1) is 0 Å². The van der Waals surface area contributed by atoms with Gasteiger partial charge in [-0.25, -0.2) is 0 Å². The fourth-order valence-electron chi connectivity index (χ4n) is 2.52. The molecule has 2 aromatic carbocycles. The average Bonchev–Trinajstić information content (AvgIpc) is 2.63. The molecule has 0 aliphatic heterocycles. The van der Waals surface area contributed by atoms with Gasteiger partial charge in [0.1, 0.15) is 0 Å². The predicted octanol–water partition coefficient (Wildman–Crippen LogP) is 3.64. The summed E-state index contributed by atoms with van der Waals surface area (Å²) in [5.41, 5.74) is 2.83. The molecule has 1 atom stereocenters. The van der Waals surface area contributed by atoms with Gasteiger partial charge in [0, 0.05) is 18.8 Å². The molecule has 0 spiro atoms. The van der Waals surface area contributed by atoms with E-state index in [1.165, 1.54) is 0 Å². The van der Waals surface area contributed by atoms with Crippen molar-refractivity contribution in [1.29, 1.82) is 0 Å². The molecule has 6 nitrogen and oxygen atoms in total. The smallest absolute Gasteiger partial charge is 0.262 e. The van der Waals surface area contributed by atoms with Crippen LogP contribution >= 0.6 is 15.9 Å². The Balaban J connectivity index is 2.02. The van der Waals surface area contributed by atoms with Crippen LogP contribution in [0.25, 0.3) is 0 Å². The van der Waals surface area contributed by atoms with Crippen molar-refractivity contribution < 1.29 is 19.4 Å². The molecule has 1 amide bonds. The first-order chi connectivity index (χ1) is 13.4. The molecular formula is C21H27BrN2O4. The van der Waals surface area contributed by atoms with E-state index in [9.17, 15) is 9.90 Å². The number of nitrogens with one attached hydrogen (secondary N) is 2. The first-order valence-corrected chi connectivity index (χ1v) is 10.0. The van der Waals surface area contributed by atoms with E-state index in [-0.39, 0.29) is 12.5 Å². The Morgan fingerprint density at radius 3 is 2.57 bits per heavy atom. The van der Waals surface area contributed by atoms with Crippen LogP contribution in [-0.2, 0) is 11.3 Å². The molecule has 152 valence electrons. The summed E-state index contributed by atoms with van der Waals surface area (Å²) in [4.78, 5) is 12.2. The Bertz CT molecular complexity index is 779. The largest absolute Gasteiger partial charge is 0.490 e. The lowest BCUT2D eigenvalue weighted by Crippen LogP contribution is -2.24. The van der Waals surface area contributed by atoms with E-state index >= 15 is 0 Å². The third-order valence-corrected chi connectivity index (χ3v) is 4.41. The van der Waals surface area contributed by atoms with Crippen molar-refractivity contribution in [3.8, 4) is 11.5 Å². The number of halogens is 1. The van der Waals surface area contributed by atoms with Crippen molar-refractivity contribution in [3.05, 3.63) is 52.0 Å². The minimum Gasteiger partial charge on any atom is -0.490 e. The van der Waals surface area contributed by atoms with Gasteiger partial charge in [-0.3, -0.25) is 4.79 Å². The molecule has 0 saturated carbocycles. The van der Waals surface area contributed by atoms with Crippen LogP contribution in [0, 0.1) is 6.92 Å². The Morgan fingerprint density at radius 1 is 1.21 bits per heavy atom. The third-order valence-electron chi connectivity index (χ3n) is 3.82. The van der Waals surface area contributed by atoms with Gasteiger partial charge in [-0.1, -0.05) is 17.7 Å². The lowest BCUT2D eigenvalue weighted by molar-refractivity contribution is -0.118. The number of hydrogen-bond acceptors (Lipinski definition) is 5. The number of hydrogen-bond donors (Lipinski definition) is 3. The van der Waals surface area contributed by atoms with Crippen LogP contribution in [0.4, 0.5) is 5.69 Å². The van der Waals surface area contributed by atoms with E-state index in [4.69, 9.17) is 9.47 Å². The lowest BCUT2D eigenvalue weighted by atomic mass is 10.2. The number of aliphatic hydroxyl groups excluding tert-OH is 1. The SMILES string of the molecule is CCOc1cc(CNCC(C)O)cc(Br)c1OCC(=O)Nc1ccc(C)cc1. The molecule has 2 aromatic rings. The van der Waals surface area contributed by atoms with E-state index in [2.05, 4.69) is 26.6 Å². The van der Waals surface area contributed by atoms with Crippen molar-refractivity contribution in [2.45, 2.75) is 33.4 Å². The highest BCUT2D eigenvalue weighted by Crippen LogP contribution is 2.37. The van der Waals surface area contributed by atoms with E-state index in [0.717, 1.165) is 16.8 Å². The molecule has 0 aliphatic carbocycles. The van der Waals surface area contributed by atoms with Crippen LogP contribution in [-0.4, -0.2) is 36.9 Å². The van der Waals surface area contributed by atoms with Crippen LogP contribution < -0.4 is 20.1 Å². The lowest BCUT2D eigenvalue weighted by Gasteiger charge is -2.16. The number of carbonyl (C=O) groups is 1. The monoisotopic (exact) mass is 450 g/mol. The van der Waals surface area contributed by atoms with Gasteiger partial charge in [0.2, 0.25) is 0 Å². The zero-order chi connectivity index (χ0) is 20.5. The summed E-state index contributed by atoms with van der Waals surface area (Å²) in [6.07, 6.45) is -0.413. The molecule has 0 fully saturated rings. The molecule has 1 unspecified atom stereocenters. The van der Waals surface area contributed by atoms with Gasteiger partial charge in [0.05, 0.1) is 17.2 Å². The normalized spacial score (nSPS) is 11.8. The van der Waals surface area contributed by atoms with Crippen LogP contribution in [0.2, 0.25) is 0 Å². The number of ether oxygens (including phenoxy) is 2. The van der Waals surface area contributed by atoms with E-state index < -0.39 is 6.10 Å². The van der Waals surface area contributed by atoms with E-state index in [1.54, 1.807) is 6.92 Å². The minimum atomic E-state index is -0.413. The Hall–Kier alpha value is -2.09. The summed E-state index contributed by atoms with van der Waals surface area (Å²) in [5, 5.41) is 15.3. The van der Waals surface area contributed by atoms with Gasteiger partial charge < -0.3 is 25.2 Å². The molecular weight excluding hydrogens is 424 g/mol. The Morgan fingerprint density at radius 2 is 1.93 bits per heavy atom. The summed E-state index contributed by atoms with van der Waals surface area (Å²) >= 11 is 3.50. The summed E-state index contributed by atoms with van der Waals surface area (Å²) in [6.45, 7) is 7.03. The summed E-state index contributed by atoms with van der Waals surface area (Å²) < 4.78 is 12.1. The third kappa shape index (κ3) is 7.14. The van der Waals surface area contributed by atoms with Crippen molar-refractivity contribution in [2.75, 3.05) is 25.1 Å². The highest BCUT2D eigenvalue weighted by atomic mass is 79.9. The number of aryl methyl sites for hydroxylation is 1. The minimum absolute atomic E-state index is 0.133. The van der Waals surface area contributed by atoms with Gasteiger partial charge in [0.15, 0.2) is 18.1 Å². The quantitative estimate of drug-likeness (QED) is 0.514. The molecule has 0 aromatic heterocycles. The van der Waals surface area contributed by atoms with Crippen molar-refractivity contribution in [2.24, 2.45) is 0 Å². The van der Waals surface area contributed by atoms with E-state index in [1.807, 2.05) is 50.2 Å². The molecule has 0 aliphatic rings. The number of benzene rings is 2. The predicted molar refractivity (Wildman–Crippen MR) is 114 cm³/mol. The molecule has 28 heavy (non-hydrogen) atoms. The molecule has 0 heterocycles. The highest BCUT2D eigenvalue weighted by Gasteiger charge is 2.14. The standard InChI is InChI=1S/C21H27BrN2O4/c1-4-27-19-10-16(12-23-11-15(3)25)9-18(22)21(19)28-13-20(26)24-17-7-5-14(2)6-8-17/h5-10,15,23,25H,4,11-13H2,1-3H3,(H,24,26). The molecule has 0 radical (unpaired) electrons. The molecule has 2 rings (SSSR count). The number of amides is 1. The fourth-order valence-corrected chi connectivity index (χ4v) is 3.13. The van der Waals surface area contributed by atoms with Crippen molar-refractivity contribution >= 4 is 27.5 Å². The number of carbonyl (C=O) groups excluding carboxylic acids is 1. The number of aliphatic hydroxyl groups is 1. The second-order valence-corrected chi connectivity index (χ2v) is 7.38. The second-order valence-electron chi connectivity index (χ2n) is 6.52. The van der Waals surface area contributed by atoms with Gasteiger partial charge in [-0.2, -0.15) is 0 Å². The van der Waals surface area contributed by atoms with Crippen molar-refractivity contribution in [3.63, 3.8) is 0 Å². The zero-order valence-corrected chi connectivity index (χ0v) is 18.0. The maximum Gasteiger partial charge on any atom is 0.262 e. The fraction of sp³-hybridized carbons (Fsp3) is 0.381. The number of anilines is 1. The maximum absolute atomic E-state index is 12.2. The van der Waals surface area contributed by atoms with Crippen LogP contribution in [0.3, 0.4) is 0 Å². The summed E-state index contributed by atoms with van der Waals surface area (Å²) in [6, 6.07) is 11.4. The molecule has 0 saturated heterocycles. The Kier molecular flexibility index (Phi) is 8.76. The summed E-state index contributed by atoms with van der Waals surface area (Å²) in [5.74, 6) is 0.801. The second kappa shape index (κ2) is 11.0. The zero-order valence-electron chi connectivity index (χ0n) is 16.4. The Labute approximate surface area is 174 Å². The summed E-state index contributed by atoms with van der Waals surface area (Å²) in [7, 11) is 0. The maximum atomic E-state index is 12.2. The number of rotatable bonds is 10. The van der Waals surface area contributed by atoms with Crippen LogP contribution in [0.15, 0.2) is 40.9 Å². The average molecular weight is 451 g/mol. The molecule has 7 heteroatoms. The van der Waals surface area contributed by atoms with Gasteiger partial charge in [0.25, 0.3) is 5.91 Å². The van der Waals surface area contributed by atoms with Gasteiger partial charge in [-0.05, 0) is 66.5 Å². The van der Waals surface area contributed by atoms with Gasteiger partial charge >= 0.3 is 0 Å². The molecule has 3 N–H and O–H groups in total. The molecule has 0 bridgehead atoms. The van der Waals surface area contributed by atoms with Crippen LogP contribution in [0.1, 0.15) is 25.0 Å².